The molecule has 8 heteroatoms. The number of aliphatic carboxylic acids is 1. The van der Waals surface area contributed by atoms with E-state index in [2.05, 4.69) is 5.32 Å². The summed E-state index contributed by atoms with van der Waals surface area (Å²) in [5, 5.41) is 11.5. The maximum absolute atomic E-state index is 11.9. The minimum Gasteiger partial charge on any atom is -0.480 e. The van der Waals surface area contributed by atoms with Crippen molar-refractivity contribution in [3.63, 3.8) is 0 Å². The van der Waals surface area contributed by atoms with E-state index in [1.165, 1.54) is 6.07 Å². The summed E-state index contributed by atoms with van der Waals surface area (Å²) in [5.41, 5.74) is 5.15. The number of carboxylic acid groups (broad SMARTS) is 1. The molecule has 0 saturated carbocycles. The SMILES string of the molecule is CCn1cc(Cl)cc1C(=O)NC(CC(N)=O)C(=O)O. The van der Waals surface area contributed by atoms with Crippen LogP contribution in [0.15, 0.2) is 12.3 Å². The lowest BCUT2D eigenvalue weighted by molar-refractivity contribution is -0.140. The van der Waals surface area contributed by atoms with Crippen molar-refractivity contribution in [3.05, 3.63) is 23.0 Å². The van der Waals surface area contributed by atoms with Gasteiger partial charge in [0.1, 0.15) is 11.7 Å². The highest BCUT2D eigenvalue weighted by Crippen LogP contribution is 2.14. The summed E-state index contributed by atoms with van der Waals surface area (Å²) in [5.74, 6) is -2.76. The van der Waals surface area contributed by atoms with Gasteiger partial charge in [0.2, 0.25) is 5.91 Å². The molecule has 0 radical (unpaired) electrons. The standard InChI is InChI=1S/C11H14ClN3O4/c1-2-15-5-6(12)3-8(15)10(17)14-7(11(18)19)4-9(13)16/h3,5,7H,2,4H2,1H3,(H2,13,16)(H,14,17)(H,18,19). The van der Waals surface area contributed by atoms with Gasteiger partial charge in [0.15, 0.2) is 0 Å². The zero-order valence-electron chi connectivity index (χ0n) is 10.2. The van der Waals surface area contributed by atoms with Crippen LogP contribution >= 0.6 is 11.6 Å². The average Bonchev–Trinajstić information content (AvgIpc) is 2.68. The summed E-state index contributed by atoms with van der Waals surface area (Å²) in [6, 6.07) is 0.0628. The van der Waals surface area contributed by atoms with Gasteiger partial charge in [-0.15, -0.1) is 0 Å². The number of aryl methyl sites for hydroxylation is 1. The smallest absolute Gasteiger partial charge is 0.326 e. The predicted octanol–water partition coefficient (Wildman–Crippen LogP) is 0.220. The van der Waals surface area contributed by atoms with E-state index in [0.717, 1.165) is 0 Å². The molecule has 0 aliphatic rings. The second-order valence-corrected chi connectivity index (χ2v) is 4.30. The molecule has 0 fully saturated rings. The molecule has 1 rings (SSSR count). The van der Waals surface area contributed by atoms with Crippen LogP contribution < -0.4 is 11.1 Å². The number of halogens is 1. The Morgan fingerprint density at radius 1 is 1.53 bits per heavy atom. The number of carboxylic acids is 1. The van der Waals surface area contributed by atoms with E-state index in [1.54, 1.807) is 10.8 Å². The minimum atomic E-state index is -1.36. The number of aromatic nitrogens is 1. The lowest BCUT2D eigenvalue weighted by Gasteiger charge is -2.13. The molecule has 0 bridgehead atoms. The summed E-state index contributed by atoms with van der Waals surface area (Å²) in [4.78, 5) is 33.6. The van der Waals surface area contributed by atoms with Crippen LogP contribution in [0, 0.1) is 0 Å². The van der Waals surface area contributed by atoms with Gasteiger partial charge in [0.05, 0.1) is 11.4 Å². The summed E-state index contributed by atoms with van der Waals surface area (Å²) >= 11 is 5.78. The van der Waals surface area contributed by atoms with Gasteiger partial charge in [-0.1, -0.05) is 11.6 Å². The summed E-state index contributed by atoms with van der Waals surface area (Å²) in [6.07, 6.45) is 1.09. The maximum Gasteiger partial charge on any atom is 0.326 e. The van der Waals surface area contributed by atoms with Gasteiger partial charge in [-0.25, -0.2) is 4.79 Å². The van der Waals surface area contributed by atoms with E-state index in [4.69, 9.17) is 22.4 Å². The fourth-order valence-corrected chi connectivity index (χ4v) is 1.78. The van der Waals surface area contributed by atoms with Crippen molar-refractivity contribution >= 4 is 29.4 Å². The van der Waals surface area contributed by atoms with Crippen molar-refractivity contribution in [1.29, 1.82) is 0 Å². The fraction of sp³-hybridized carbons (Fsp3) is 0.364. The Bertz CT molecular complexity index is 512. The quantitative estimate of drug-likeness (QED) is 0.694. The molecule has 1 atom stereocenters. The van der Waals surface area contributed by atoms with Crippen LogP contribution in [-0.2, 0) is 16.1 Å². The average molecular weight is 288 g/mol. The van der Waals surface area contributed by atoms with E-state index in [1.807, 2.05) is 6.92 Å². The van der Waals surface area contributed by atoms with Crippen LogP contribution in [0.2, 0.25) is 5.02 Å². The first-order chi connectivity index (χ1) is 8.85. The van der Waals surface area contributed by atoms with Crippen molar-refractivity contribution in [2.45, 2.75) is 25.9 Å². The van der Waals surface area contributed by atoms with Crippen LogP contribution in [0.1, 0.15) is 23.8 Å². The molecular formula is C11H14ClN3O4. The van der Waals surface area contributed by atoms with E-state index < -0.39 is 30.2 Å². The molecule has 104 valence electrons. The number of rotatable bonds is 6. The Hall–Kier alpha value is -2.02. The van der Waals surface area contributed by atoms with E-state index in [0.29, 0.717) is 11.6 Å². The molecule has 4 N–H and O–H groups in total. The highest BCUT2D eigenvalue weighted by molar-refractivity contribution is 6.31. The molecule has 0 aromatic carbocycles. The Morgan fingerprint density at radius 2 is 2.16 bits per heavy atom. The van der Waals surface area contributed by atoms with Gasteiger partial charge in [-0.3, -0.25) is 9.59 Å². The lowest BCUT2D eigenvalue weighted by atomic mass is 10.2. The van der Waals surface area contributed by atoms with Gasteiger partial charge >= 0.3 is 5.97 Å². The zero-order valence-corrected chi connectivity index (χ0v) is 11.0. The van der Waals surface area contributed by atoms with Crippen molar-refractivity contribution < 1.29 is 19.5 Å². The number of carbonyl (C=O) groups excluding carboxylic acids is 2. The molecular weight excluding hydrogens is 274 g/mol. The largest absolute Gasteiger partial charge is 0.480 e. The Morgan fingerprint density at radius 3 is 2.63 bits per heavy atom. The number of hydrogen-bond acceptors (Lipinski definition) is 3. The Kier molecular flexibility index (Phi) is 4.94. The van der Waals surface area contributed by atoms with Crippen LogP contribution in [0.3, 0.4) is 0 Å². The highest BCUT2D eigenvalue weighted by atomic mass is 35.5. The molecule has 0 saturated heterocycles. The van der Waals surface area contributed by atoms with Crippen LogP contribution in [0.5, 0.6) is 0 Å². The zero-order chi connectivity index (χ0) is 14.6. The normalized spacial score (nSPS) is 11.9. The topological polar surface area (TPSA) is 114 Å². The van der Waals surface area contributed by atoms with Gasteiger partial charge in [-0.05, 0) is 13.0 Å². The lowest BCUT2D eigenvalue weighted by Crippen LogP contribution is -2.43. The van der Waals surface area contributed by atoms with E-state index >= 15 is 0 Å². The number of amides is 2. The molecule has 0 aliphatic carbocycles. The highest BCUT2D eigenvalue weighted by Gasteiger charge is 2.24. The van der Waals surface area contributed by atoms with Gasteiger partial charge in [-0.2, -0.15) is 0 Å². The molecule has 0 aliphatic heterocycles. The predicted molar refractivity (Wildman–Crippen MR) is 67.8 cm³/mol. The van der Waals surface area contributed by atoms with Crippen molar-refractivity contribution in [2.24, 2.45) is 5.73 Å². The van der Waals surface area contributed by atoms with Crippen LogP contribution in [0.4, 0.5) is 0 Å². The second kappa shape index (κ2) is 6.24. The van der Waals surface area contributed by atoms with Crippen LogP contribution in [0.25, 0.3) is 0 Å². The number of primary amides is 1. The number of hydrogen-bond donors (Lipinski definition) is 3. The van der Waals surface area contributed by atoms with Gasteiger partial charge in [0, 0.05) is 12.7 Å². The number of nitrogens with one attached hydrogen (secondary N) is 1. The van der Waals surface area contributed by atoms with Crippen molar-refractivity contribution in [3.8, 4) is 0 Å². The molecule has 1 unspecified atom stereocenters. The fourth-order valence-electron chi connectivity index (χ4n) is 1.56. The van der Waals surface area contributed by atoms with Crippen molar-refractivity contribution in [1.82, 2.24) is 9.88 Å². The number of carbonyl (C=O) groups is 3. The van der Waals surface area contributed by atoms with E-state index in [9.17, 15) is 14.4 Å². The van der Waals surface area contributed by atoms with Gasteiger partial charge < -0.3 is 20.7 Å². The minimum absolute atomic E-state index is 0.225. The maximum atomic E-state index is 11.9. The monoisotopic (exact) mass is 287 g/mol. The molecule has 7 nitrogen and oxygen atoms in total. The third kappa shape index (κ3) is 3.99. The Balaban J connectivity index is 2.87. The van der Waals surface area contributed by atoms with Crippen molar-refractivity contribution in [2.75, 3.05) is 0 Å². The molecule has 1 heterocycles. The first-order valence-corrected chi connectivity index (χ1v) is 5.90. The summed E-state index contributed by atoms with van der Waals surface area (Å²) in [7, 11) is 0. The molecule has 1 aromatic rings. The van der Waals surface area contributed by atoms with E-state index in [-0.39, 0.29) is 5.69 Å². The number of nitrogens with two attached hydrogens (primary N) is 1. The summed E-state index contributed by atoms with van der Waals surface area (Å²) < 4.78 is 1.57. The Labute approximate surface area is 114 Å². The molecule has 1 aromatic heterocycles. The molecule has 0 spiro atoms. The molecule has 19 heavy (non-hydrogen) atoms. The first kappa shape index (κ1) is 15.0. The molecule has 2 amide bonds. The first-order valence-electron chi connectivity index (χ1n) is 5.52. The number of nitrogens with zero attached hydrogens (tertiary/aromatic N) is 1. The third-order valence-corrected chi connectivity index (χ3v) is 2.65. The third-order valence-electron chi connectivity index (χ3n) is 2.45. The van der Waals surface area contributed by atoms with Crippen LogP contribution in [-0.4, -0.2) is 33.5 Å². The van der Waals surface area contributed by atoms with Gasteiger partial charge in [0.25, 0.3) is 5.91 Å². The second-order valence-electron chi connectivity index (χ2n) is 3.86. The summed E-state index contributed by atoms with van der Waals surface area (Å²) in [6.45, 7) is 2.31.